The van der Waals surface area contributed by atoms with Crippen molar-refractivity contribution < 1.29 is 9.47 Å². The molecular formula is C10H16ClN3O2. The van der Waals surface area contributed by atoms with Crippen LogP contribution in [0.2, 0.25) is 0 Å². The molecule has 0 unspecified atom stereocenters. The van der Waals surface area contributed by atoms with Gasteiger partial charge in [0.25, 0.3) is 0 Å². The van der Waals surface area contributed by atoms with E-state index < -0.39 is 0 Å². The van der Waals surface area contributed by atoms with E-state index in [2.05, 4.69) is 0 Å². The molecule has 0 fully saturated rings. The Kier molecular flexibility index (Phi) is 5.63. The number of methoxy groups -OCH3 is 2. The fourth-order valence-electron chi connectivity index (χ4n) is 1.34. The number of amidine groups is 1. The number of hydrogen-bond donors (Lipinski definition) is 3. The molecule has 0 bridgehead atoms. The zero-order chi connectivity index (χ0) is 11.4. The molecule has 0 saturated heterocycles. The first-order valence-corrected chi connectivity index (χ1v) is 4.43. The van der Waals surface area contributed by atoms with Gasteiger partial charge in [-0.1, -0.05) is 0 Å². The minimum Gasteiger partial charge on any atom is -0.496 e. The molecule has 90 valence electrons. The number of rotatable bonds is 4. The third-order valence-electron chi connectivity index (χ3n) is 2.12. The summed E-state index contributed by atoms with van der Waals surface area (Å²) in [6.07, 6.45) is 0. The molecule has 1 aromatic carbocycles. The second-order valence-electron chi connectivity index (χ2n) is 2.98. The SMILES string of the molecule is COc1cc(C(=N)N)cc(OC)c1CN.Cl. The monoisotopic (exact) mass is 245 g/mol. The van der Waals surface area contributed by atoms with E-state index in [4.69, 9.17) is 26.4 Å². The quantitative estimate of drug-likeness (QED) is 0.542. The van der Waals surface area contributed by atoms with Crippen molar-refractivity contribution in [2.24, 2.45) is 11.5 Å². The van der Waals surface area contributed by atoms with E-state index >= 15 is 0 Å². The maximum Gasteiger partial charge on any atom is 0.127 e. The molecule has 5 nitrogen and oxygen atoms in total. The van der Waals surface area contributed by atoms with Crippen LogP contribution >= 0.6 is 12.4 Å². The third kappa shape index (κ3) is 2.77. The highest BCUT2D eigenvalue weighted by Gasteiger charge is 2.11. The van der Waals surface area contributed by atoms with Crippen molar-refractivity contribution in [3.8, 4) is 11.5 Å². The molecule has 0 aliphatic carbocycles. The molecular weight excluding hydrogens is 230 g/mol. The summed E-state index contributed by atoms with van der Waals surface area (Å²) in [5.41, 5.74) is 12.3. The lowest BCUT2D eigenvalue weighted by atomic mass is 10.1. The minimum absolute atomic E-state index is 0. The van der Waals surface area contributed by atoms with Gasteiger partial charge in [-0.3, -0.25) is 5.41 Å². The van der Waals surface area contributed by atoms with E-state index in [9.17, 15) is 0 Å². The van der Waals surface area contributed by atoms with Crippen molar-refractivity contribution in [2.45, 2.75) is 6.54 Å². The summed E-state index contributed by atoms with van der Waals surface area (Å²) in [4.78, 5) is 0. The van der Waals surface area contributed by atoms with Gasteiger partial charge in [-0.2, -0.15) is 0 Å². The van der Waals surface area contributed by atoms with Gasteiger partial charge in [0, 0.05) is 17.7 Å². The van der Waals surface area contributed by atoms with E-state index in [1.807, 2.05) is 0 Å². The molecule has 0 saturated carbocycles. The van der Waals surface area contributed by atoms with Gasteiger partial charge in [-0.05, 0) is 12.1 Å². The molecule has 0 spiro atoms. The van der Waals surface area contributed by atoms with Gasteiger partial charge in [-0.15, -0.1) is 12.4 Å². The molecule has 5 N–H and O–H groups in total. The normalized spacial score (nSPS) is 9.19. The van der Waals surface area contributed by atoms with E-state index in [1.54, 1.807) is 12.1 Å². The topological polar surface area (TPSA) is 94.3 Å². The first-order chi connectivity index (χ1) is 7.13. The number of halogens is 1. The molecule has 0 aromatic heterocycles. The largest absolute Gasteiger partial charge is 0.496 e. The minimum atomic E-state index is -0.0322. The Morgan fingerprint density at radius 1 is 1.25 bits per heavy atom. The summed E-state index contributed by atoms with van der Waals surface area (Å²) in [6, 6.07) is 3.35. The van der Waals surface area contributed by atoms with E-state index in [1.165, 1.54) is 14.2 Å². The van der Waals surface area contributed by atoms with Gasteiger partial charge in [-0.25, -0.2) is 0 Å². The van der Waals surface area contributed by atoms with Crippen LogP contribution in [-0.4, -0.2) is 20.1 Å². The van der Waals surface area contributed by atoms with E-state index in [-0.39, 0.29) is 18.2 Å². The number of nitrogens with two attached hydrogens (primary N) is 2. The fourth-order valence-corrected chi connectivity index (χ4v) is 1.34. The molecule has 0 radical (unpaired) electrons. The molecule has 0 aliphatic rings. The Morgan fingerprint density at radius 2 is 1.69 bits per heavy atom. The Morgan fingerprint density at radius 3 is 1.94 bits per heavy atom. The second-order valence-corrected chi connectivity index (χ2v) is 2.98. The fraction of sp³-hybridized carbons (Fsp3) is 0.300. The van der Waals surface area contributed by atoms with Crippen LogP contribution < -0.4 is 20.9 Å². The third-order valence-corrected chi connectivity index (χ3v) is 2.12. The van der Waals surface area contributed by atoms with Crippen molar-refractivity contribution in [3.05, 3.63) is 23.3 Å². The van der Waals surface area contributed by atoms with Crippen LogP contribution in [-0.2, 0) is 6.54 Å². The molecule has 0 atom stereocenters. The zero-order valence-electron chi connectivity index (χ0n) is 9.24. The highest BCUT2D eigenvalue weighted by atomic mass is 35.5. The molecule has 1 rings (SSSR count). The van der Waals surface area contributed by atoms with Gasteiger partial charge < -0.3 is 20.9 Å². The Bertz CT molecular complexity index is 357. The van der Waals surface area contributed by atoms with Crippen molar-refractivity contribution >= 4 is 18.2 Å². The summed E-state index contributed by atoms with van der Waals surface area (Å²) in [7, 11) is 3.08. The number of nitrogens with one attached hydrogen (secondary N) is 1. The van der Waals surface area contributed by atoms with Crippen LogP contribution in [0.15, 0.2) is 12.1 Å². The maximum atomic E-state index is 7.34. The number of ether oxygens (including phenoxy) is 2. The standard InChI is InChI=1S/C10H15N3O2.ClH/c1-14-8-3-6(10(12)13)4-9(15-2)7(8)5-11;/h3-4H,5,11H2,1-2H3,(H3,12,13);1H. The lowest BCUT2D eigenvalue weighted by Crippen LogP contribution is -2.13. The molecule has 1 aromatic rings. The molecule has 16 heavy (non-hydrogen) atoms. The highest BCUT2D eigenvalue weighted by Crippen LogP contribution is 2.29. The zero-order valence-corrected chi connectivity index (χ0v) is 10.1. The van der Waals surface area contributed by atoms with Crippen LogP contribution in [0.4, 0.5) is 0 Å². The van der Waals surface area contributed by atoms with Crippen LogP contribution in [0, 0.1) is 5.41 Å². The highest BCUT2D eigenvalue weighted by molar-refractivity contribution is 5.96. The van der Waals surface area contributed by atoms with Crippen molar-refractivity contribution in [1.29, 1.82) is 5.41 Å². The van der Waals surface area contributed by atoms with Crippen molar-refractivity contribution in [3.63, 3.8) is 0 Å². The lowest BCUT2D eigenvalue weighted by Gasteiger charge is -2.13. The van der Waals surface area contributed by atoms with Gasteiger partial charge in [0.2, 0.25) is 0 Å². The predicted octanol–water partition coefficient (Wildman–Crippen LogP) is 0.868. The lowest BCUT2D eigenvalue weighted by molar-refractivity contribution is 0.385. The van der Waals surface area contributed by atoms with Crippen molar-refractivity contribution in [1.82, 2.24) is 0 Å². The Labute approximate surface area is 101 Å². The van der Waals surface area contributed by atoms with Gasteiger partial charge in [0.15, 0.2) is 0 Å². The summed E-state index contributed by atoms with van der Waals surface area (Å²) in [5, 5.41) is 7.34. The van der Waals surface area contributed by atoms with E-state index in [0.717, 1.165) is 5.56 Å². The van der Waals surface area contributed by atoms with E-state index in [0.29, 0.717) is 23.6 Å². The first-order valence-electron chi connectivity index (χ1n) is 4.43. The first kappa shape index (κ1) is 14.5. The average Bonchev–Trinajstić information content (AvgIpc) is 2.26. The molecule has 0 heterocycles. The smallest absolute Gasteiger partial charge is 0.127 e. The van der Waals surface area contributed by atoms with Gasteiger partial charge in [0.05, 0.1) is 14.2 Å². The van der Waals surface area contributed by atoms with Crippen molar-refractivity contribution in [2.75, 3.05) is 14.2 Å². The number of hydrogen-bond acceptors (Lipinski definition) is 4. The van der Waals surface area contributed by atoms with Crippen LogP contribution in [0.5, 0.6) is 11.5 Å². The summed E-state index contributed by atoms with van der Waals surface area (Å²) >= 11 is 0. The average molecular weight is 246 g/mol. The summed E-state index contributed by atoms with van der Waals surface area (Å²) < 4.78 is 10.3. The number of benzene rings is 1. The molecule has 0 amide bonds. The predicted molar refractivity (Wildman–Crippen MR) is 65.7 cm³/mol. The number of nitrogen functional groups attached to an aromatic ring is 1. The van der Waals surface area contributed by atoms with Gasteiger partial charge >= 0.3 is 0 Å². The Hall–Kier alpha value is -1.46. The molecule has 6 heteroatoms. The van der Waals surface area contributed by atoms with Gasteiger partial charge in [0.1, 0.15) is 17.3 Å². The maximum absolute atomic E-state index is 7.34. The van der Waals surface area contributed by atoms with Crippen LogP contribution in [0.1, 0.15) is 11.1 Å². The Balaban J connectivity index is 0.00000225. The van der Waals surface area contributed by atoms with Crippen LogP contribution in [0.25, 0.3) is 0 Å². The molecule has 0 aliphatic heterocycles. The summed E-state index contributed by atoms with van der Waals surface area (Å²) in [5.74, 6) is 1.14. The van der Waals surface area contributed by atoms with Crippen LogP contribution in [0.3, 0.4) is 0 Å². The second kappa shape index (κ2) is 6.19. The summed E-state index contributed by atoms with van der Waals surface area (Å²) in [6.45, 7) is 0.310.